The molecule has 0 atom stereocenters. The molecule has 0 aliphatic heterocycles. The quantitative estimate of drug-likeness (QED) is 0.886. The molecule has 0 aliphatic rings. The highest BCUT2D eigenvalue weighted by atomic mass is 35.5. The Labute approximate surface area is 124 Å². The number of aryl methyl sites for hydroxylation is 1. The van der Waals surface area contributed by atoms with Crippen LogP contribution < -0.4 is 10.6 Å². The Morgan fingerprint density at radius 2 is 1.80 bits per heavy atom. The molecule has 4 heteroatoms. The van der Waals surface area contributed by atoms with Gasteiger partial charge >= 0.3 is 6.03 Å². The Balaban J connectivity index is 1.80. The number of hydrogen-bond donors (Lipinski definition) is 2. The van der Waals surface area contributed by atoms with E-state index in [1.54, 1.807) is 0 Å². The fourth-order valence-corrected chi connectivity index (χ4v) is 2.09. The molecule has 0 aromatic heterocycles. The van der Waals surface area contributed by atoms with Crippen LogP contribution >= 0.6 is 11.6 Å². The molecule has 2 rings (SSSR count). The predicted octanol–water partition coefficient (Wildman–Crippen LogP) is 3.65. The van der Waals surface area contributed by atoms with Crippen LogP contribution in [0.2, 0.25) is 5.02 Å². The lowest BCUT2D eigenvalue weighted by Gasteiger charge is -2.09. The smallest absolute Gasteiger partial charge is 0.315 e. The molecule has 0 heterocycles. The third kappa shape index (κ3) is 4.28. The van der Waals surface area contributed by atoms with E-state index in [1.807, 2.05) is 55.5 Å². The lowest BCUT2D eigenvalue weighted by Crippen LogP contribution is -2.34. The molecule has 0 saturated carbocycles. The Morgan fingerprint density at radius 3 is 2.55 bits per heavy atom. The molecule has 2 aromatic carbocycles. The van der Waals surface area contributed by atoms with E-state index < -0.39 is 0 Å². The van der Waals surface area contributed by atoms with Gasteiger partial charge < -0.3 is 10.6 Å². The van der Waals surface area contributed by atoms with Gasteiger partial charge in [-0.1, -0.05) is 59.6 Å². The second-order valence-electron chi connectivity index (χ2n) is 4.62. The topological polar surface area (TPSA) is 41.1 Å². The minimum Gasteiger partial charge on any atom is -0.334 e. The largest absolute Gasteiger partial charge is 0.334 e. The SMILES string of the molecule is Cc1cccc(CNC(=O)NCc2ccccc2Cl)c1. The van der Waals surface area contributed by atoms with Crippen molar-refractivity contribution in [3.63, 3.8) is 0 Å². The zero-order chi connectivity index (χ0) is 14.4. The summed E-state index contributed by atoms with van der Waals surface area (Å²) >= 11 is 6.03. The zero-order valence-corrected chi connectivity index (χ0v) is 12.1. The van der Waals surface area contributed by atoms with Crippen LogP contribution in [0.3, 0.4) is 0 Å². The van der Waals surface area contributed by atoms with Crippen molar-refractivity contribution in [2.45, 2.75) is 20.0 Å². The van der Waals surface area contributed by atoms with E-state index in [9.17, 15) is 4.79 Å². The van der Waals surface area contributed by atoms with Crippen molar-refractivity contribution in [1.82, 2.24) is 10.6 Å². The second-order valence-corrected chi connectivity index (χ2v) is 5.02. The van der Waals surface area contributed by atoms with Gasteiger partial charge in [0.05, 0.1) is 0 Å². The number of benzene rings is 2. The fourth-order valence-electron chi connectivity index (χ4n) is 1.88. The van der Waals surface area contributed by atoms with Crippen molar-refractivity contribution in [3.05, 3.63) is 70.2 Å². The number of carbonyl (C=O) groups excluding carboxylic acids is 1. The Bertz CT molecular complexity index is 599. The van der Waals surface area contributed by atoms with Crippen LogP contribution in [0.25, 0.3) is 0 Å². The molecule has 20 heavy (non-hydrogen) atoms. The van der Waals surface area contributed by atoms with E-state index in [0.29, 0.717) is 18.1 Å². The van der Waals surface area contributed by atoms with Gasteiger partial charge in [-0.3, -0.25) is 0 Å². The second kappa shape index (κ2) is 6.96. The number of rotatable bonds is 4. The first-order valence-corrected chi connectivity index (χ1v) is 6.83. The summed E-state index contributed by atoms with van der Waals surface area (Å²) in [6.45, 7) is 2.95. The van der Waals surface area contributed by atoms with E-state index in [0.717, 1.165) is 11.1 Å². The summed E-state index contributed by atoms with van der Waals surface area (Å²) in [6, 6.07) is 15.3. The highest BCUT2D eigenvalue weighted by Crippen LogP contribution is 2.14. The highest BCUT2D eigenvalue weighted by Gasteiger charge is 2.03. The molecule has 104 valence electrons. The first-order valence-electron chi connectivity index (χ1n) is 6.46. The molecule has 0 bridgehead atoms. The summed E-state index contributed by atoms with van der Waals surface area (Å²) in [5.41, 5.74) is 3.17. The zero-order valence-electron chi connectivity index (χ0n) is 11.3. The van der Waals surface area contributed by atoms with E-state index in [4.69, 9.17) is 11.6 Å². The van der Waals surface area contributed by atoms with Crippen molar-refractivity contribution in [3.8, 4) is 0 Å². The van der Waals surface area contributed by atoms with Crippen molar-refractivity contribution < 1.29 is 4.79 Å². The predicted molar refractivity (Wildman–Crippen MR) is 81.7 cm³/mol. The third-order valence-electron chi connectivity index (χ3n) is 2.93. The molecule has 0 aliphatic carbocycles. The number of nitrogens with one attached hydrogen (secondary N) is 2. The van der Waals surface area contributed by atoms with Crippen molar-refractivity contribution in [2.75, 3.05) is 0 Å². The van der Waals surface area contributed by atoms with Gasteiger partial charge in [0.15, 0.2) is 0 Å². The standard InChI is InChI=1S/C16H17ClN2O/c1-12-5-4-6-13(9-12)10-18-16(20)19-11-14-7-2-3-8-15(14)17/h2-9H,10-11H2,1H3,(H2,18,19,20). The van der Waals surface area contributed by atoms with Crippen molar-refractivity contribution >= 4 is 17.6 Å². The maximum atomic E-state index is 11.7. The summed E-state index contributed by atoms with van der Waals surface area (Å²) in [6.07, 6.45) is 0. The van der Waals surface area contributed by atoms with Crippen LogP contribution in [0, 0.1) is 6.92 Å². The van der Waals surface area contributed by atoms with Crippen LogP contribution in [-0.4, -0.2) is 6.03 Å². The Morgan fingerprint density at radius 1 is 1.05 bits per heavy atom. The van der Waals surface area contributed by atoms with Gasteiger partial charge in [-0.15, -0.1) is 0 Å². The maximum absolute atomic E-state index is 11.7. The molecule has 2 amide bonds. The summed E-state index contributed by atoms with van der Waals surface area (Å²) in [4.78, 5) is 11.7. The molecule has 0 fully saturated rings. The fraction of sp³-hybridized carbons (Fsp3) is 0.188. The van der Waals surface area contributed by atoms with Crippen molar-refractivity contribution in [1.29, 1.82) is 0 Å². The summed E-state index contributed by atoms with van der Waals surface area (Å²) < 4.78 is 0. The van der Waals surface area contributed by atoms with Crippen LogP contribution in [0.1, 0.15) is 16.7 Å². The maximum Gasteiger partial charge on any atom is 0.315 e. The van der Waals surface area contributed by atoms with Gasteiger partial charge in [0.1, 0.15) is 0 Å². The first kappa shape index (κ1) is 14.4. The number of urea groups is 1. The molecule has 0 radical (unpaired) electrons. The third-order valence-corrected chi connectivity index (χ3v) is 3.30. The molecular weight excluding hydrogens is 272 g/mol. The van der Waals surface area contributed by atoms with Crippen molar-refractivity contribution in [2.24, 2.45) is 0 Å². The van der Waals surface area contributed by atoms with Crippen LogP contribution in [0.4, 0.5) is 4.79 Å². The minimum absolute atomic E-state index is 0.202. The number of carbonyl (C=O) groups is 1. The van der Waals surface area contributed by atoms with E-state index >= 15 is 0 Å². The van der Waals surface area contributed by atoms with Gasteiger partial charge in [-0.05, 0) is 24.1 Å². The van der Waals surface area contributed by atoms with Gasteiger partial charge in [0, 0.05) is 18.1 Å². The van der Waals surface area contributed by atoms with Gasteiger partial charge in [-0.2, -0.15) is 0 Å². The summed E-state index contributed by atoms with van der Waals surface area (Å²) in [7, 11) is 0. The Hall–Kier alpha value is -2.00. The molecule has 0 spiro atoms. The monoisotopic (exact) mass is 288 g/mol. The van der Waals surface area contributed by atoms with E-state index in [1.165, 1.54) is 5.56 Å². The number of hydrogen-bond acceptors (Lipinski definition) is 1. The van der Waals surface area contributed by atoms with E-state index in [-0.39, 0.29) is 6.03 Å². The molecule has 3 nitrogen and oxygen atoms in total. The average Bonchev–Trinajstić information content (AvgIpc) is 2.44. The van der Waals surface area contributed by atoms with Crippen LogP contribution in [0.15, 0.2) is 48.5 Å². The molecule has 2 aromatic rings. The summed E-state index contributed by atoms with van der Waals surface area (Å²) in [5, 5.41) is 6.27. The average molecular weight is 289 g/mol. The first-order chi connectivity index (χ1) is 9.65. The normalized spacial score (nSPS) is 10.1. The summed E-state index contributed by atoms with van der Waals surface area (Å²) in [5.74, 6) is 0. The number of halogens is 1. The molecular formula is C16H17ClN2O. The van der Waals surface area contributed by atoms with Crippen LogP contribution in [-0.2, 0) is 13.1 Å². The van der Waals surface area contributed by atoms with Gasteiger partial charge in [-0.25, -0.2) is 4.79 Å². The number of amides is 2. The highest BCUT2D eigenvalue weighted by molar-refractivity contribution is 6.31. The van der Waals surface area contributed by atoms with Gasteiger partial charge in [0.2, 0.25) is 0 Å². The lowest BCUT2D eigenvalue weighted by atomic mass is 10.1. The molecule has 2 N–H and O–H groups in total. The minimum atomic E-state index is -0.202. The van der Waals surface area contributed by atoms with Gasteiger partial charge in [0.25, 0.3) is 0 Å². The van der Waals surface area contributed by atoms with E-state index in [2.05, 4.69) is 10.6 Å². The molecule has 0 unspecified atom stereocenters. The lowest BCUT2D eigenvalue weighted by molar-refractivity contribution is 0.240. The Kier molecular flexibility index (Phi) is 5.02. The van der Waals surface area contributed by atoms with Crippen LogP contribution in [0.5, 0.6) is 0 Å². The molecule has 0 saturated heterocycles.